The molecule has 0 radical (unpaired) electrons. The lowest BCUT2D eigenvalue weighted by atomic mass is 9.55. The van der Waals surface area contributed by atoms with Crippen LogP contribution in [0.3, 0.4) is 0 Å². The Balaban J connectivity index is 1.73. The van der Waals surface area contributed by atoms with Crippen LogP contribution in [0.2, 0.25) is 0 Å². The van der Waals surface area contributed by atoms with Gasteiger partial charge in [-0.3, -0.25) is 14.4 Å². The van der Waals surface area contributed by atoms with E-state index in [9.17, 15) is 48.0 Å². The van der Waals surface area contributed by atoms with Gasteiger partial charge in [0.25, 0.3) is 5.91 Å². The number of aromatic hydroxyl groups is 1. The van der Waals surface area contributed by atoms with Gasteiger partial charge in [0.1, 0.15) is 22.8 Å². The zero-order chi connectivity index (χ0) is 30.2. The molecule has 1 fully saturated rings. The zero-order valence-corrected chi connectivity index (χ0v) is 22.6. The molecule has 2 unspecified atom stereocenters. The van der Waals surface area contributed by atoms with E-state index >= 15 is 0 Å². The highest BCUT2D eigenvalue weighted by molar-refractivity contribution is 6.24. The third kappa shape index (κ3) is 4.17. The van der Waals surface area contributed by atoms with Gasteiger partial charge in [-0.2, -0.15) is 13.2 Å². The predicted octanol–water partition coefficient (Wildman–Crippen LogP) is 3.69. The molecule has 1 aromatic rings. The first kappa shape index (κ1) is 29.1. The van der Waals surface area contributed by atoms with Crippen molar-refractivity contribution in [3.05, 3.63) is 51.0 Å². The Kier molecular flexibility index (Phi) is 7.01. The zero-order valence-electron chi connectivity index (χ0n) is 22.6. The molecule has 1 aliphatic heterocycles. The number of carbonyl (C=O) groups is 3. The van der Waals surface area contributed by atoms with Crippen molar-refractivity contribution in [3.63, 3.8) is 0 Å². The molecule has 1 amide bonds. The number of aliphatic hydroxyl groups is 3. The molecule has 3 aliphatic carbocycles. The van der Waals surface area contributed by atoms with E-state index in [-0.39, 0.29) is 12.0 Å². The molecule has 0 saturated carbocycles. The van der Waals surface area contributed by atoms with Gasteiger partial charge in [0.05, 0.1) is 11.1 Å². The van der Waals surface area contributed by atoms with Crippen molar-refractivity contribution in [3.8, 4) is 5.75 Å². The number of primary amides is 1. The number of carbonyl (C=O) groups excluding carboxylic acids is 3. The molecule has 9 nitrogen and oxygen atoms in total. The van der Waals surface area contributed by atoms with E-state index in [2.05, 4.69) is 5.32 Å². The van der Waals surface area contributed by atoms with Gasteiger partial charge in [-0.1, -0.05) is 26.7 Å². The number of rotatable bonds is 5. The van der Waals surface area contributed by atoms with Crippen LogP contribution in [-0.2, 0) is 22.2 Å². The highest BCUT2D eigenvalue weighted by Crippen LogP contribution is 2.56. The van der Waals surface area contributed by atoms with Crippen LogP contribution in [0, 0.1) is 23.7 Å². The van der Waals surface area contributed by atoms with E-state index in [4.69, 9.17) is 5.73 Å². The number of aliphatic hydroxyl groups excluding tert-OH is 2. The first-order valence-corrected chi connectivity index (χ1v) is 13.8. The number of fused-ring (bicyclic) bond motifs is 3. The Morgan fingerprint density at radius 2 is 1.93 bits per heavy atom. The summed E-state index contributed by atoms with van der Waals surface area (Å²) in [5.74, 6) is -10.1. The molecule has 1 aromatic carbocycles. The molecule has 4 aliphatic rings. The van der Waals surface area contributed by atoms with Crippen LogP contribution in [0.25, 0.3) is 0 Å². The molecule has 1 heterocycles. The molecule has 41 heavy (non-hydrogen) atoms. The summed E-state index contributed by atoms with van der Waals surface area (Å²) in [5, 5.41) is 48.1. The summed E-state index contributed by atoms with van der Waals surface area (Å²) in [6, 6.07) is 0.241. The SMILES string of the molecule is CCC[C@@H](C)C1C(O)=C(C(N)=O)C(=O)[C@@]2(O)C(O)=C3C(=O)c4c(O)cc(C5CCCN5)c(C(F)(F)F)c4C[C@H]3C[C@@H]12. The summed E-state index contributed by atoms with van der Waals surface area (Å²) in [7, 11) is 0. The van der Waals surface area contributed by atoms with Crippen LogP contribution < -0.4 is 11.1 Å². The Morgan fingerprint density at radius 3 is 2.49 bits per heavy atom. The Hall–Kier alpha value is -3.38. The molecule has 6 atom stereocenters. The van der Waals surface area contributed by atoms with Crippen molar-refractivity contribution < 1.29 is 48.0 Å². The van der Waals surface area contributed by atoms with Crippen molar-refractivity contribution in [2.24, 2.45) is 29.4 Å². The number of hydrogen-bond acceptors (Lipinski definition) is 8. The van der Waals surface area contributed by atoms with Gasteiger partial charge in [-0.05, 0) is 61.3 Å². The number of allylic oxidation sites excluding steroid dienone is 2. The second-order valence-corrected chi connectivity index (χ2v) is 11.7. The largest absolute Gasteiger partial charge is 0.511 e. The third-order valence-corrected chi connectivity index (χ3v) is 9.36. The lowest BCUT2D eigenvalue weighted by Gasteiger charge is -2.50. The average Bonchev–Trinajstić information content (AvgIpc) is 3.40. The van der Waals surface area contributed by atoms with Crippen LogP contribution in [0.5, 0.6) is 5.75 Å². The molecular formula is C29H33F3N2O7. The quantitative estimate of drug-likeness (QED) is 0.287. The first-order valence-electron chi connectivity index (χ1n) is 13.8. The maximum absolute atomic E-state index is 14.6. The van der Waals surface area contributed by atoms with Crippen LogP contribution >= 0.6 is 0 Å². The Morgan fingerprint density at radius 1 is 1.24 bits per heavy atom. The minimum Gasteiger partial charge on any atom is -0.511 e. The maximum atomic E-state index is 14.6. The van der Waals surface area contributed by atoms with E-state index < -0.39 is 110 Å². The number of amides is 1. The number of phenolic OH excluding ortho intramolecular Hbond substituents is 1. The van der Waals surface area contributed by atoms with Gasteiger partial charge in [0.2, 0.25) is 5.78 Å². The third-order valence-electron chi connectivity index (χ3n) is 9.36. The first-order chi connectivity index (χ1) is 19.2. The number of Topliss-reactive ketones (excluding diaryl/α,β-unsaturated/α-hetero) is 2. The fourth-order valence-corrected chi connectivity index (χ4v) is 7.68. The Bertz CT molecular complexity index is 1410. The second-order valence-electron chi connectivity index (χ2n) is 11.7. The maximum Gasteiger partial charge on any atom is 0.417 e. The standard InChI is InChI=1S/C29H33F3N2O7/c1-3-5-11(2)18-15-9-12-8-14-20(17(35)10-13(16-6-4-7-34-16)22(14)29(30,31)32)24(37)19(12)25(38)28(15,41)26(39)21(23(18)36)27(33)40/h10-12,15-16,18,34-36,38,41H,3-9H2,1-2H3,(H2,33,40)/t11-,12+,15+,16?,18?,28+/m1/s1. The van der Waals surface area contributed by atoms with Gasteiger partial charge < -0.3 is 31.5 Å². The van der Waals surface area contributed by atoms with Crippen LogP contribution in [0.1, 0.15) is 79.0 Å². The van der Waals surface area contributed by atoms with Crippen molar-refractivity contribution in [1.29, 1.82) is 0 Å². The van der Waals surface area contributed by atoms with Gasteiger partial charge in [0.15, 0.2) is 11.4 Å². The minimum absolute atomic E-state index is 0.169. The highest BCUT2D eigenvalue weighted by Gasteiger charge is 2.63. The van der Waals surface area contributed by atoms with E-state index in [1.165, 1.54) is 0 Å². The van der Waals surface area contributed by atoms with Gasteiger partial charge in [-0.25, -0.2) is 0 Å². The molecule has 222 valence electrons. The molecule has 12 heteroatoms. The van der Waals surface area contributed by atoms with Gasteiger partial charge >= 0.3 is 6.18 Å². The van der Waals surface area contributed by atoms with Crippen molar-refractivity contribution in [2.75, 3.05) is 6.54 Å². The second kappa shape index (κ2) is 9.87. The summed E-state index contributed by atoms with van der Waals surface area (Å²) >= 11 is 0. The lowest BCUT2D eigenvalue weighted by molar-refractivity contribution is -0.149. The molecule has 0 bridgehead atoms. The number of phenols is 1. The fourth-order valence-electron chi connectivity index (χ4n) is 7.68. The van der Waals surface area contributed by atoms with Crippen LogP contribution in [0.15, 0.2) is 28.7 Å². The van der Waals surface area contributed by atoms with E-state index in [0.717, 1.165) is 6.07 Å². The fraction of sp³-hybridized carbons (Fsp3) is 0.552. The number of halogens is 3. The number of ketones is 2. The van der Waals surface area contributed by atoms with E-state index in [1.54, 1.807) is 6.92 Å². The normalized spacial score (nSPS) is 30.7. The van der Waals surface area contributed by atoms with Crippen molar-refractivity contribution >= 4 is 17.5 Å². The Labute approximate surface area is 233 Å². The monoisotopic (exact) mass is 578 g/mol. The minimum atomic E-state index is -4.87. The van der Waals surface area contributed by atoms with Gasteiger partial charge in [0, 0.05) is 23.5 Å². The highest BCUT2D eigenvalue weighted by atomic mass is 19.4. The summed E-state index contributed by atoms with van der Waals surface area (Å²) in [6.45, 7) is 4.08. The predicted molar refractivity (Wildman–Crippen MR) is 139 cm³/mol. The molecule has 5 rings (SSSR count). The molecule has 0 aromatic heterocycles. The van der Waals surface area contributed by atoms with Crippen molar-refractivity contribution in [2.45, 2.75) is 70.2 Å². The summed E-state index contributed by atoms with van der Waals surface area (Å²) in [5.41, 5.74) is -1.07. The average molecular weight is 579 g/mol. The van der Waals surface area contributed by atoms with Crippen molar-refractivity contribution in [1.82, 2.24) is 5.32 Å². The van der Waals surface area contributed by atoms with Crippen LogP contribution in [0.4, 0.5) is 13.2 Å². The molecule has 1 saturated heterocycles. The van der Waals surface area contributed by atoms with Gasteiger partial charge in [-0.15, -0.1) is 0 Å². The summed E-state index contributed by atoms with van der Waals surface area (Å²) in [6.07, 6.45) is -3.37. The summed E-state index contributed by atoms with van der Waals surface area (Å²) < 4.78 is 43.8. The number of alkyl halides is 3. The number of hydrogen-bond donors (Lipinski definition) is 6. The topological polar surface area (TPSA) is 170 Å². The molecular weight excluding hydrogens is 545 g/mol. The van der Waals surface area contributed by atoms with E-state index in [1.807, 2.05) is 6.92 Å². The van der Waals surface area contributed by atoms with Crippen LogP contribution in [-0.4, -0.2) is 50.0 Å². The summed E-state index contributed by atoms with van der Waals surface area (Å²) in [4.78, 5) is 39.5. The molecule has 7 N–H and O–H groups in total. The molecule has 0 spiro atoms. The smallest absolute Gasteiger partial charge is 0.417 e. The number of benzene rings is 1. The van der Waals surface area contributed by atoms with E-state index in [0.29, 0.717) is 32.2 Å². The number of nitrogens with two attached hydrogens (primary N) is 1. The number of nitrogens with one attached hydrogen (secondary N) is 1. The lowest BCUT2D eigenvalue weighted by Crippen LogP contribution is -2.60.